The van der Waals surface area contributed by atoms with Crippen LogP contribution >= 0.6 is 35.6 Å². The van der Waals surface area contributed by atoms with Gasteiger partial charge in [0.2, 0.25) is 0 Å². The highest BCUT2D eigenvalue weighted by Gasteiger charge is 2.27. The average Bonchev–Trinajstić information content (AvgIpc) is 2.75. The number of nitrogens with zero attached hydrogens (tertiary/aromatic N) is 1. The van der Waals surface area contributed by atoms with Gasteiger partial charge < -0.3 is 20.1 Å². The maximum absolute atomic E-state index is 6.24. The van der Waals surface area contributed by atoms with Crippen LogP contribution in [-0.2, 0) is 4.74 Å². The molecule has 2 aromatic rings. The molecular formula is C22H25ClN2O2S2. The number of hydrogen-bond acceptors (Lipinski definition) is 5. The number of nitrogen functional groups attached to an aromatic ring is 1. The number of thiocarbonyl (C=S) groups is 1. The molecule has 7 heteroatoms. The minimum atomic E-state index is 0.0191. The Bertz CT molecular complexity index is 887. The molecule has 2 aromatic carbocycles. The van der Waals surface area contributed by atoms with Crippen LogP contribution in [0, 0.1) is 0 Å². The Balaban J connectivity index is 1.95. The molecule has 29 heavy (non-hydrogen) atoms. The second-order valence-electron chi connectivity index (χ2n) is 6.69. The second-order valence-corrected chi connectivity index (χ2v) is 8.86. The first-order valence-electron chi connectivity index (χ1n) is 9.36. The molecule has 0 radical (unpaired) electrons. The summed E-state index contributed by atoms with van der Waals surface area (Å²) in [4.78, 5) is 2.27. The van der Waals surface area contributed by atoms with Gasteiger partial charge in [-0.1, -0.05) is 53.8 Å². The van der Waals surface area contributed by atoms with Gasteiger partial charge in [0.15, 0.2) is 0 Å². The van der Waals surface area contributed by atoms with Crippen molar-refractivity contribution >= 4 is 51.2 Å². The first-order chi connectivity index (χ1) is 14.0. The third kappa shape index (κ3) is 5.45. The first kappa shape index (κ1) is 22.0. The van der Waals surface area contributed by atoms with E-state index in [1.54, 1.807) is 26.0 Å². The van der Waals surface area contributed by atoms with Crippen molar-refractivity contribution in [1.82, 2.24) is 4.90 Å². The molecule has 1 unspecified atom stereocenters. The van der Waals surface area contributed by atoms with Crippen LogP contribution in [0.1, 0.15) is 23.6 Å². The molecule has 0 fully saturated rings. The highest BCUT2D eigenvalue weighted by molar-refractivity contribution is 8.22. The molecule has 3 rings (SSSR count). The van der Waals surface area contributed by atoms with E-state index in [1.165, 1.54) is 5.57 Å². The summed E-state index contributed by atoms with van der Waals surface area (Å²) in [7, 11) is 3.37. The molecule has 0 saturated carbocycles. The van der Waals surface area contributed by atoms with Crippen LogP contribution in [0.3, 0.4) is 0 Å². The molecule has 0 bridgehead atoms. The van der Waals surface area contributed by atoms with E-state index in [9.17, 15) is 0 Å². The van der Waals surface area contributed by atoms with E-state index in [4.69, 9.17) is 39.0 Å². The summed E-state index contributed by atoms with van der Waals surface area (Å²) in [5.41, 5.74) is 10.3. The molecule has 0 saturated heterocycles. The standard InChI is InChI=1S/C22H25ClN2O2S2/c1-26-11-12-29-22(28)25-10-9-16(19-14-17(23)5-8-20(19)24)13-21(25)15-3-6-18(27-2)7-4-15/h3-8,13-14,21H,9-12,24H2,1-2H3. The molecule has 2 N–H and O–H groups in total. The third-order valence-corrected chi connectivity index (χ3v) is 6.56. The number of methoxy groups -OCH3 is 2. The smallest absolute Gasteiger partial charge is 0.137 e. The van der Waals surface area contributed by atoms with Crippen molar-refractivity contribution in [2.75, 3.05) is 38.9 Å². The quantitative estimate of drug-likeness (QED) is 0.361. The summed E-state index contributed by atoms with van der Waals surface area (Å²) in [5.74, 6) is 1.66. The minimum absolute atomic E-state index is 0.0191. The maximum Gasteiger partial charge on any atom is 0.137 e. The van der Waals surface area contributed by atoms with E-state index in [-0.39, 0.29) is 6.04 Å². The molecule has 0 spiro atoms. The lowest BCUT2D eigenvalue weighted by atomic mass is 9.92. The zero-order valence-electron chi connectivity index (χ0n) is 16.6. The number of thioether (sulfide) groups is 1. The van der Waals surface area contributed by atoms with Gasteiger partial charge in [-0.3, -0.25) is 0 Å². The van der Waals surface area contributed by atoms with E-state index in [0.717, 1.165) is 45.6 Å². The van der Waals surface area contributed by atoms with Gasteiger partial charge in [0.05, 0.1) is 19.8 Å². The fourth-order valence-corrected chi connectivity index (χ4v) is 4.77. The Morgan fingerprint density at radius 3 is 2.69 bits per heavy atom. The average molecular weight is 449 g/mol. The topological polar surface area (TPSA) is 47.7 Å². The monoisotopic (exact) mass is 448 g/mol. The fourth-order valence-electron chi connectivity index (χ4n) is 3.35. The largest absolute Gasteiger partial charge is 0.497 e. The molecule has 4 nitrogen and oxygen atoms in total. The van der Waals surface area contributed by atoms with Crippen molar-refractivity contribution in [2.45, 2.75) is 12.5 Å². The van der Waals surface area contributed by atoms with Crippen molar-refractivity contribution in [3.63, 3.8) is 0 Å². The van der Waals surface area contributed by atoms with Crippen LogP contribution in [0.4, 0.5) is 5.69 Å². The Morgan fingerprint density at radius 2 is 2.00 bits per heavy atom. The normalized spacial score (nSPS) is 16.4. The number of rotatable bonds is 6. The number of hydrogen-bond donors (Lipinski definition) is 1. The van der Waals surface area contributed by atoms with Gasteiger partial charge in [-0.2, -0.15) is 0 Å². The van der Waals surface area contributed by atoms with Gasteiger partial charge >= 0.3 is 0 Å². The van der Waals surface area contributed by atoms with Crippen molar-refractivity contribution in [3.05, 3.63) is 64.7 Å². The van der Waals surface area contributed by atoms with Crippen LogP contribution in [0.5, 0.6) is 5.75 Å². The molecular weight excluding hydrogens is 424 g/mol. The van der Waals surface area contributed by atoms with Crippen molar-refractivity contribution in [3.8, 4) is 5.75 Å². The Hall–Kier alpha value is -1.73. The van der Waals surface area contributed by atoms with E-state index in [0.29, 0.717) is 11.6 Å². The zero-order valence-corrected chi connectivity index (χ0v) is 18.9. The molecule has 0 aliphatic carbocycles. The summed E-state index contributed by atoms with van der Waals surface area (Å²) in [6.07, 6.45) is 3.10. The van der Waals surface area contributed by atoms with E-state index >= 15 is 0 Å². The number of nitrogens with two attached hydrogens (primary N) is 1. The summed E-state index contributed by atoms with van der Waals surface area (Å²) in [6, 6.07) is 13.8. The van der Waals surface area contributed by atoms with Crippen molar-refractivity contribution in [1.29, 1.82) is 0 Å². The Labute approximate surface area is 187 Å². The number of benzene rings is 2. The Morgan fingerprint density at radius 1 is 1.24 bits per heavy atom. The highest BCUT2D eigenvalue weighted by Crippen LogP contribution is 2.38. The van der Waals surface area contributed by atoms with Gasteiger partial charge in [0.25, 0.3) is 0 Å². The lowest BCUT2D eigenvalue weighted by molar-refractivity contribution is 0.219. The molecule has 0 amide bonds. The maximum atomic E-state index is 6.24. The van der Waals surface area contributed by atoms with Gasteiger partial charge in [-0.25, -0.2) is 0 Å². The van der Waals surface area contributed by atoms with Gasteiger partial charge in [-0.05, 0) is 47.9 Å². The minimum Gasteiger partial charge on any atom is -0.497 e. The molecule has 154 valence electrons. The van der Waals surface area contributed by atoms with E-state index in [1.807, 2.05) is 30.3 Å². The lowest BCUT2D eigenvalue weighted by Crippen LogP contribution is -2.35. The second kappa shape index (κ2) is 10.3. The highest BCUT2D eigenvalue weighted by atomic mass is 35.5. The van der Waals surface area contributed by atoms with E-state index < -0.39 is 0 Å². The molecule has 1 aliphatic rings. The SMILES string of the molecule is COCCSC(=S)N1CCC(c2cc(Cl)ccc2N)=CC1c1ccc(OC)cc1. The van der Waals surface area contributed by atoms with Gasteiger partial charge in [0.1, 0.15) is 10.1 Å². The van der Waals surface area contributed by atoms with Crippen LogP contribution in [0.15, 0.2) is 48.5 Å². The molecule has 1 atom stereocenters. The first-order valence-corrected chi connectivity index (χ1v) is 11.1. The summed E-state index contributed by atoms with van der Waals surface area (Å²) >= 11 is 13.6. The predicted octanol–water partition coefficient (Wildman–Crippen LogP) is 5.43. The van der Waals surface area contributed by atoms with Gasteiger partial charge in [0, 0.05) is 35.7 Å². The Kier molecular flexibility index (Phi) is 7.84. The number of ether oxygens (including phenoxy) is 2. The number of anilines is 1. The van der Waals surface area contributed by atoms with Crippen LogP contribution in [0.25, 0.3) is 5.57 Å². The van der Waals surface area contributed by atoms with Gasteiger partial charge in [-0.15, -0.1) is 0 Å². The zero-order chi connectivity index (χ0) is 20.8. The van der Waals surface area contributed by atoms with Crippen LogP contribution in [0.2, 0.25) is 5.02 Å². The predicted molar refractivity (Wildman–Crippen MR) is 128 cm³/mol. The molecule has 1 heterocycles. The fraction of sp³-hybridized carbons (Fsp3) is 0.318. The van der Waals surface area contributed by atoms with Crippen LogP contribution in [-0.4, -0.2) is 42.3 Å². The summed E-state index contributed by atoms with van der Waals surface area (Å²) < 4.78 is 11.3. The van der Waals surface area contributed by atoms with Crippen molar-refractivity contribution in [2.24, 2.45) is 0 Å². The third-order valence-electron chi connectivity index (χ3n) is 4.88. The lowest BCUT2D eigenvalue weighted by Gasteiger charge is -2.37. The molecule has 1 aliphatic heterocycles. The van der Waals surface area contributed by atoms with Crippen molar-refractivity contribution < 1.29 is 9.47 Å². The number of halogens is 1. The van der Waals surface area contributed by atoms with Crippen LogP contribution < -0.4 is 10.5 Å². The summed E-state index contributed by atoms with van der Waals surface area (Å²) in [6.45, 7) is 1.49. The van der Waals surface area contributed by atoms with E-state index in [2.05, 4.69) is 23.1 Å². The summed E-state index contributed by atoms with van der Waals surface area (Å²) in [5, 5.41) is 0.684. The molecule has 0 aromatic heterocycles.